The van der Waals surface area contributed by atoms with Crippen molar-refractivity contribution in [2.75, 3.05) is 13.9 Å². The molecule has 126 valence electrons. The molecule has 1 aliphatic heterocycles. The summed E-state index contributed by atoms with van der Waals surface area (Å²) >= 11 is 9.57. The predicted molar refractivity (Wildman–Crippen MR) is 94.2 cm³/mol. The third kappa shape index (κ3) is 3.30. The van der Waals surface area contributed by atoms with Crippen molar-refractivity contribution in [1.82, 2.24) is 5.32 Å². The van der Waals surface area contributed by atoms with Crippen LogP contribution in [0.2, 0.25) is 5.02 Å². The second-order valence-electron chi connectivity index (χ2n) is 5.28. The number of methoxy groups -OCH3 is 1. The van der Waals surface area contributed by atoms with Crippen molar-refractivity contribution in [3.8, 4) is 17.2 Å². The third-order valence-corrected chi connectivity index (χ3v) is 4.61. The molecule has 0 saturated heterocycles. The van der Waals surface area contributed by atoms with Crippen molar-refractivity contribution < 1.29 is 19.0 Å². The van der Waals surface area contributed by atoms with Crippen LogP contribution in [0.25, 0.3) is 0 Å². The molecule has 1 aliphatic rings. The highest BCUT2D eigenvalue weighted by molar-refractivity contribution is 9.10. The minimum Gasteiger partial charge on any atom is -0.496 e. The molecule has 0 aliphatic carbocycles. The van der Waals surface area contributed by atoms with Crippen LogP contribution in [0, 0.1) is 0 Å². The van der Waals surface area contributed by atoms with E-state index in [4.69, 9.17) is 25.8 Å². The van der Waals surface area contributed by atoms with Gasteiger partial charge in [-0.2, -0.15) is 0 Å². The molecule has 3 rings (SSSR count). The van der Waals surface area contributed by atoms with Crippen molar-refractivity contribution in [1.29, 1.82) is 0 Å². The molecule has 0 spiro atoms. The molecule has 0 fully saturated rings. The molecule has 24 heavy (non-hydrogen) atoms. The topological polar surface area (TPSA) is 56.8 Å². The third-order valence-electron chi connectivity index (χ3n) is 3.71. The maximum absolute atomic E-state index is 12.5. The lowest BCUT2D eigenvalue weighted by Gasteiger charge is -2.16. The Bertz CT molecular complexity index is 796. The van der Waals surface area contributed by atoms with E-state index in [0.717, 1.165) is 15.8 Å². The first-order chi connectivity index (χ1) is 11.5. The van der Waals surface area contributed by atoms with Gasteiger partial charge in [0.15, 0.2) is 11.5 Å². The second-order valence-corrected chi connectivity index (χ2v) is 6.54. The number of hydrogen-bond acceptors (Lipinski definition) is 4. The van der Waals surface area contributed by atoms with Crippen molar-refractivity contribution in [2.45, 2.75) is 13.0 Å². The van der Waals surface area contributed by atoms with Gasteiger partial charge in [0.05, 0.1) is 22.6 Å². The number of hydrogen-bond donors (Lipinski definition) is 1. The maximum Gasteiger partial charge on any atom is 0.251 e. The number of amides is 1. The van der Waals surface area contributed by atoms with E-state index in [1.165, 1.54) is 0 Å². The number of halogens is 2. The lowest BCUT2D eigenvalue weighted by Crippen LogP contribution is -2.26. The van der Waals surface area contributed by atoms with E-state index in [9.17, 15) is 4.79 Å². The highest BCUT2D eigenvalue weighted by atomic mass is 79.9. The van der Waals surface area contributed by atoms with E-state index in [1.807, 2.05) is 25.1 Å². The number of carbonyl (C=O) groups excluding carboxylic acids is 1. The Hall–Kier alpha value is -1.92. The molecule has 0 aromatic heterocycles. The molecule has 1 amide bonds. The lowest BCUT2D eigenvalue weighted by atomic mass is 10.1. The number of ether oxygens (including phenoxy) is 3. The van der Waals surface area contributed by atoms with Gasteiger partial charge in [0.25, 0.3) is 5.91 Å². The second kappa shape index (κ2) is 6.91. The number of benzene rings is 2. The highest BCUT2D eigenvalue weighted by Crippen LogP contribution is 2.39. The average molecular weight is 413 g/mol. The molecule has 1 atom stereocenters. The van der Waals surface area contributed by atoms with Gasteiger partial charge in [0.2, 0.25) is 6.79 Å². The maximum atomic E-state index is 12.5. The summed E-state index contributed by atoms with van der Waals surface area (Å²) in [6, 6.07) is 8.67. The van der Waals surface area contributed by atoms with E-state index >= 15 is 0 Å². The fraction of sp³-hybridized carbons (Fsp3) is 0.235. The summed E-state index contributed by atoms with van der Waals surface area (Å²) in [5, 5.41) is 3.30. The summed E-state index contributed by atoms with van der Waals surface area (Å²) in [4.78, 5) is 12.5. The molecular weight excluding hydrogens is 398 g/mol. The fourth-order valence-electron chi connectivity index (χ4n) is 2.41. The van der Waals surface area contributed by atoms with Crippen LogP contribution in [0.5, 0.6) is 17.2 Å². The number of fused-ring (bicyclic) bond motifs is 1. The Labute approximate surface area is 153 Å². The zero-order valence-corrected chi connectivity index (χ0v) is 15.4. The standard InChI is InChI=1S/C17H15BrClNO4/c1-9(10-3-4-14(22-2)12(18)5-10)20-17(21)11-6-13(19)16-15(7-11)23-8-24-16/h3-7,9H,8H2,1-2H3,(H,20,21). The zero-order chi connectivity index (χ0) is 17.3. The van der Waals surface area contributed by atoms with Crippen LogP contribution >= 0.6 is 27.5 Å². The molecule has 5 nitrogen and oxygen atoms in total. The predicted octanol–water partition coefficient (Wildman–Crippen LogP) is 4.33. The molecule has 7 heteroatoms. The van der Waals surface area contributed by atoms with Gasteiger partial charge in [-0.1, -0.05) is 17.7 Å². The van der Waals surface area contributed by atoms with E-state index in [1.54, 1.807) is 19.2 Å². The average Bonchev–Trinajstić information content (AvgIpc) is 3.03. The minimum absolute atomic E-state index is 0.108. The van der Waals surface area contributed by atoms with E-state index < -0.39 is 0 Å². The fourth-order valence-corrected chi connectivity index (χ4v) is 3.24. The van der Waals surface area contributed by atoms with Crippen LogP contribution in [0.3, 0.4) is 0 Å². The van der Waals surface area contributed by atoms with Crippen LogP contribution in [0.1, 0.15) is 28.9 Å². The molecule has 2 aromatic rings. The summed E-state index contributed by atoms with van der Waals surface area (Å²) in [7, 11) is 1.61. The van der Waals surface area contributed by atoms with Gasteiger partial charge in [0.1, 0.15) is 5.75 Å². The summed E-state index contributed by atoms with van der Waals surface area (Å²) in [5.74, 6) is 1.45. The molecule has 2 aromatic carbocycles. The van der Waals surface area contributed by atoms with Crippen LogP contribution < -0.4 is 19.5 Å². The summed E-state index contributed by atoms with van der Waals surface area (Å²) in [6.07, 6.45) is 0. The number of carbonyl (C=O) groups is 1. The molecule has 0 radical (unpaired) electrons. The lowest BCUT2D eigenvalue weighted by molar-refractivity contribution is 0.0939. The van der Waals surface area contributed by atoms with Crippen LogP contribution in [-0.2, 0) is 0 Å². The van der Waals surface area contributed by atoms with Crippen molar-refractivity contribution in [3.05, 3.63) is 51.0 Å². The zero-order valence-electron chi connectivity index (χ0n) is 13.1. The normalized spacial score (nSPS) is 13.5. The van der Waals surface area contributed by atoms with Gasteiger partial charge < -0.3 is 19.5 Å². The summed E-state index contributed by atoms with van der Waals surface area (Å²) in [5.41, 5.74) is 1.37. The SMILES string of the molecule is COc1ccc(C(C)NC(=O)c2cc(Cl)c3c(c2)OCO3)cc1Br. The van der Waals surface area contributed by atoms with Crippen molar-refractivity contribution in [2.24, 2.45) is 0 Å². The van der Waals surface area contributed by atoms with Gasteiger partial charge in [-0.15, -0.1) is 0 Å². The quantitative estimate of drug-likeness (QED) is 0.812. The Morgan fingerprint density at radius 3 is 2.83 bits per heavy atom. The Morgan fingerprint density at radius 1 is 1.33 bits per heavy atom. The van der Waals surface area contributed by atoms with E-state index in [2.05, 4.69) is 21.2 Å². The van der Waals surface area contributed by atoms with E-state index in [-0.39, 0.29) is 18.7 Å². The summed E-state index contributed by atoms with van der Waals surface area (Å²) in [6.45, 7) is 2.01. The number of nitrogens with one attached hydrogen (secondary N) is 1. The van der Waals surface area contributed by atoms with Gasteiger partial charge in [-0.05, 0) is 52.7 Å². The molecule has 1 heterocycles. The van der Waals surface area contributed by atoms with Crippen LogP contribution in [0.15, 0.2) is 34.8 Å². The first-order valence-corrected chi connectivity index (χ1v) is 8.40. The van der Waals surface area contributed by atoms with Gasteiger partial charge >= 0.3 is 0 Å². The molecule has 0 bridgehead atoms. The van der Waals surface area contributed by atoms with Crippen LogP contribution in [0.4, 0.5) is 0 Å². The Kier molecular flexibility index (Phi) is 4.87. The Morgan fingerprint density at radius 2 is 2.12 bits per heavy atom. The Balaban J connectivity index is 1.77. The number of rotatable bonds is 4. The summed E-state index contributed by atoms with van der Waals surface area (Å²) < 4.78 is 16.6. The minimum atomic E-state index is -0.241. The molecule has 0 saturated carbocycles. The molecular formula is C17H15BrClNO4. The largest absolute Gasteiger partial charge is 0.496 e. The van der Waals surface area contributed by atoms with Gasteiger partial charge in [0, 0.05) is 5.56 Å². The van der Waals surface area contributed by atoms with Crippen LogP contribution in [-0.4, -0.2) is 19.8 Å². The smallest absolute Gasteiger partial charge is 0.251 e. The molecule has 1 unspecified atom stereocenters. The van der Waals surface area contributed by atoms with Gasteiger partial charge in [-0.3, -0.25) is 4.79 Å². The molecule has 1 N–H and O–H groups in total. The van der Waals surface area contributed by atoms with Gasteiger partial charge in [-0.25, -0.2) is 0 Å². The monoisotopic (exact) mass is 411 g/mol. The van der Waals surface area contributed by atoms with Crippen molar-refractivity contribution in [3.63, 3.8) is 0 Å². The van der Waals surface area contributed by atoms with E-state index in [0.29, 0.717) is 22.1 Å². The first-order valence-electron chi connectivity index (χ1n) is 7.23. The van der Waals surface area contributed by atoms with Crippen molar-refractivity contribution >= 4 is 33.4 Å². The first kappa shape index (κ1) is 16.9. The highest BCUT2D eigenvalue weighted by Gasteiger charge is 2.21.